The van der Waals surface area contributed by atoms with Crippen LogP contribution >= 0.6 is 23.2 Å². The van der Waals surface area contributed by atoms with Gasteiger partial charge in [-0.2, -0.15) is 0 Å². The highest BCUT2D eigenvalue weighted by atomic mass is 35.5. The van der Waals surface area contributed by atoms with Gasteiger partial charge in [-0.3, -0.25) is 14.8 Å². The molecule has 1 saturated heterocycles. The van der Waals surface area contributed by atoms with Crippen molar-refractivity contribution in [2.24, 2.45) is 0 Å². The summed E-state index contributed by atoms with van der Waals surface area (Å²) in [4.78, 5) is 29.9. The number of ether oxygens (including phenoxy) is 2. The largest absolute Gasteiger partial charge is 0.480 e. The van der Waals surface area contributed by atoms with E-state index in [1.165, 1.54) is 14.2 Å². The molecule has 246 valence electrons. The number of carbonyl (C=O) groups excluding carboxylic acids is 1. The van der Waals surface area contributed by atoms with E-state index in [9.17, 15) is 13.6 Å². The van der Waals surface area contributed by atoms with Crippen molar-refractivity contribution in [1.82, 2.24) is 35.9 Å². The van der Waals surface area contributed by atoms with Crippen LogP contribution in [0.2, 0.25) is 10.0 Å². The summed E-state index contributed by atoms with van der Waals surface area (Å²) in [5.74, 6) is -1.90. The van der Waals surface area contributed by atoms with E-state index in [0.29, 0.717) is 80.5 Å². The number of amides is 1. The first-order chi connectivity index (χ1) is 22.7. The van der Waals surface area contributed by atoms with E-state index >= 15 is 0 Å². The van der Waals surface area contributed by atoms with Crippen molar-refractivity contribution < 1.29 is 23.0 Å². The molecule has 2 fully saturated rings. The number of nitrogens with zero attached hydrogens (tertiary/aromatic N) is 4. The number of aromatic nitrogens is 4. The molecule has 0 radical (unpaired) electrons. The van der Waals surface area contributed by atoms with Gasteiger partial charge in [-0.15, -0.1) is 0 Å². The van der Waals surface area contributed by atoms with E-state index in [1.807, 2.05) is 36.4 Å². The summed E-state index contributed by atoms with van der Waals surface area (Å²) < 4.78 is 37.5. The number of benzene rings is 2. The van der Waals surface area contributed by atoms with Crippen LogP contribution in [-0.2, 0) is 17.9 Å². The number of carbonyl (C=O) groups is 1. The molecule has 1 amide bonds. The van der Waals surface area contributed by atoms with Crippen LogP contribution in [0, 0.1) is 0 Å². The van der Waals surface area contributed by atoms with Crippen LogP contribution in [0.3, 0.4) is 0 Å². The first-order valence-electron chi connectivity index (χ1n) is 15.1. The monoisotopic (exact) mass is 683 g/mol. The Kier molecular flexibility index (Phi) is 9.83. The standard InChI is InChI=1S/C33H33Cl2F2N7O3/c1-46-31-26(14-38-13-18-9-10-28(45)42-18)40-15-24(43-31)22-7-3-5-20(29(22)34)21-6-4-8-23(30(21)35)25-16-41-27(32(44-25)47-2)17-39-19-11-33(36,37)12-19/h3-8,15-16,18-19,38-39H,9-14,17H2,1-2H3,(H,42,45). The zero-order chi connectivity index (χ0) is 33.1. The first-order valence-corrected chi connectivity index (χ1v) is 15.9. The Balaban J connectivity index is 1.22. The molecule has 1 unspecified atom stereocenters. The van der Waals surface area contributed by atoms with Crippen molar-refractivity contribution in [2.45, 2.75) is 56.8 Å². The normalized spacial score (nSPS) is 17.3. The SMILES string of the molecule is COc1nc(-c2cccc(-c3cccc(-c4cnc(CNC5CC(F)(F)C5)c(OC)n4)c3Cl)c2Cl)cnc1CNCC1CCC(=O)N1. The molecular formula is C33H33Cl2F2N7O3. The van der Waals surface area contributed by atoms with Gasteiger partial charge in [0.1, 0.15) is 11.4 Å². The van der Waals surface area contributed by atoms with Gasteiger partial charge >= 0.3 is 0 Å². The molecule has 0 spiro atoms. The summed E-state index contributed by atoms with van der Waals surface area (Å²) in [7, 11) is 3.02. The smallest absolute Gasteiger partial charge is 0.251 e. The average molecular weight is 685 g/mol. The van der Waals surface area contributed by atoms with E-state index in [-0.39, 0.29) is 43.3 Å². The van der Waals surface area contributed by atoms with E-state index < -0.39 is 5.92 Å². The van der Waals surface area contributed by atoms with E-state index in [0.717, 1.165) is 6.42 Å². The van der Waals surface area contributed by atoms with Crippen LogP contribution in [0.15, 0.2) is 48.8 Å². The van der Waals surface area contributed by atoms with Crippen molar-refractivity contribution in [3.05, 3.63) is 70.2 Å². The minimum atomic E-state index is -2.61. The third kappa shape index (κ3) is 7.30. The molecule has 3 N–H and O–H groups in total. The van der Waals surface area contributed by atoms with Gasteiger partial charge in [0, 0.05) is 73.2 Å². The number of hydrogen-bond donors (Lipinski definition) is 3. The van der Waals surface area contributed by atoms with Crippen molar-refractivity contribution in [3.8, 4) is 45.4 Å². The van der Waals surface area contributed by atoms with E-state index in [2.05, 4.69) is 30.9 Å². The maximum atomic E-state index is 13.2. The highest BCUT2D eigenvalue weighted by Crippen LogP contribution is 2.42. The molecule has 10 nitrogen and oxygen atoms in total. The van der Waals surface area contributed by atoms with Gasteiger partial charge in [-0.1, -0.05) is 59.6 Å². The average Bonchev–Trinajstić information content (AvgIpc) is 3.47. The lowest BCUT2D eigenvalue weighted by atomic mass is 9.88. The Morgan fingerprint density at radius 2 is 1.40 bits per heavy atom. The van der Waals surface area contributed by atoms with Crippen LogP contribution in [0.5, 0.6) is 11.8 Å². The number of nitrogens with one attached hydrogen (secondary N) is 3. The molecule has 3 heterocycles. The Bertz CT molecular complexity index is 1790. The third-order valence-corrected chi connectivity index (χ3v) is 9.08. The van der Waals surface area contributed by atoms with Crippen molar-refractivity contribution in [2.75, 3.05) is 20.8 Å². The number of alkyl halides is 2. The second-order valence-electron chi connectivity index (χ2n) is 11.5. The summed E-state index contributed by atoms with van der Waals surface area (Å²) in [5.41, 5.74) is 4.76. The fraction of sp³-hybridized carbons (Fsp3) is 0.364. The van der Waals surface area contributed by atoms with Gasteiger partial charge in [-0.25, -0.2) is 18.7 Å². The van der Waals surface area contributed by atoms with Gasteiger partial charge in [0.15, 0.2) is 0 Å². The molecule has 14 heteroatoms. The van der Waals surface area contributed by atoms with E-state index in [1.54, 1.807) is 12.4 Å². The van der Waals surface area contributed by atoms with Gasteiger partial charge < -0.3 is 25.4 Å². The van der Waals surface area contributed by atoms with Crippen molar-refractivity contribution in [3.63, 3.8) is 0 Å². The molecule has 47 heavy (non-hydrogen) atoms. The minimum Gasteiger partial charge on any atom is -0.480 e. The molecule has 1 saturated carbocycles. The Morgan fingerprint density at radius 3 is 1.89 bits per heavy atom. The summed E-state index contributed by atoms with van der Waals surface area (Å²) >= 11 is 14.0. The molecule has 4 aromatic rings. The van der Waals surface area contributed by atoms with E-state index in [4.69, 9.17) is 37.7 Å². The maximum Gasteiger partial charge on any atom is 0.251 e. The van der Waals surface area contributed by atoms with Crippen LogP contribution in [0.4, 0.5) is 8.78 Å². The first kappa shape index (κ1) is 33.0. The topological polar surface area (TPSA) is 123 Å². The molecule has 0 bridgehead atoms. The highest BCUT2D eigenvalue weighted by Gasteiger charge is 2.45. The quantitative estimate of drug-likeness (QED) is 0.169. The van der Waals surface area contributed by atoms with Crippen LogP contribution in [-0.4, -0.2) is 64.6 Å². The molecule has 1 atom stereocenters. The number of rotatable bonds is 12. The van der Waals surface area contributed by atoms with Crippen LogP contribution < -0.4 is 25.4 Å². The highest BCUT2D eigenvalue weighted by molar-refractivity contribution is 6.39. The summed E-state index contributed by atoms with van der Waals surface area (Å²) in [5, 5.41) is 10.2. The van der Waals surface area contributed by atoms with Crippen molar-refractivity contribution in [1.29, 1.82) is 0 Å². The van der Waals surface area contributed by atoms with Gasteiger partial charge in [0.25, 0.3) is 5.92 Å². The molecule has 1 aliphatic carbocycles. The number of halogens is 4. The second kappa shape index (κ2) is 14.0. The van der Waals surface area contributed by atoms with Gasteiger partial charge in [-0.05, 0) is 6.42 Å². The summed E-state index contributed by atoms with van der Waals surface area (Å²) in [6, 6.07) is 10.9. The predicted molar refractivity (Wildman–Crippen MR) is 175 cm³/mol. The van der Waals surface area contributed by atoms with Crippen LogP contribution in [0.1, 0.15) is 37.1 Å². The number of hydrogen-bond acceptors (Lipinski definition) is 9. The molecule has 1 aliphatic heterocycles. The lowest BCUT2D eigenvalue weighted by Gasteiger charge is -2.35. The fourth-order valence-corrected chi connectivity index (χ4v) is 6.39. The second-order valence-corrected chi connectivity index (χ2v) is 12.3. The lowest BCUT2D eigenvalue weighted by molar-refractivity contribution is -0.119. The zero-order valence-corrected chi connectivity index (χ0v) is 27.3. The predicted octanol–water partition coefficient (Wildman–Crippen LogP) is 5.85. The van der Waals surface area contributed by atoms with Crippen molar-refractivity contribution >= 4 is 29.1 Å². The third-order valence-electron chi connectivity index (χ3n) is 8.27. The maximum absolute atomic E-state index is 13.2. The summed E-state index contributed by atoms with van der Waals surface area (Å²) in [6.45, 7) is 1.29. The molecule has 2 aromatic carbocycles. The molecule has 2 aromatic heterocycles. The number of methoxy groups -OCH3 is 2. The Labute approximate surface area is 280 Å². The van der Waals surface area contributed by atoms with Gasteiger partial charge in [0.2, 0.25) is 17.7 Å². The molecular weight excluding hydrogens is 651 g/mol. The summed E-state index contributed by atoms with van der Waals surface area (Å²) in [6.07, 6.45) is 4.19. The van der Waals surface area contributed by atoms with Gasteiger partial charge in [0.05, 0.1) is 48.0 Å². The molecule has 6 rings (SSSR count). The Hall–Kier alpha value is -3.97. The van der Waals surface area contributed by atoms with Crippen LogP contribution in [0.25, 0.3) is 33.6 Å². The Morgan fingerprint density at radius 1 is 0.872 bits per heavy atom. The minimum absolute atomic E-state index is 0.0702. The zero-order valence-electron chi connectivity index (χ0n) is 25.7. The fourth-order valence-electron chi connectivity index (χ4n) is 5.74. The lowest BCUT2D eigenvalue weighted by Crippen LogP contribution is -2.48. The molecule has 2 aliphatic rings.